The quantitative estimate of drug-likeness (QED) is 0.700. The number of carbonyl (C=O) groups excluding carboxylic acids is 1. The van der Waals surface area contributed by atoms with E-state index >= 15 is 0 Å². The number of carbonyl (C=O) groups is 1. The normalized spacial score (nSPS) is 12.0. The summed E-state index contributed by atoms with van der Waals surface area (Å²) < 4.78 is 15.5. The third kappa shape index (κ3) is 3.47. The Balaban J connectivity index is 3.03. The van der Waals surface area contributed by atoms with Gasteiger partial charge in [-0.2, -0.15) is 0 Å². The van der Waals surface area contributed by atoms with Crippen LogP contribution in [0.2, 0.25) is 0 Å². The van der Waals surface area contributed by atoms with E-state index in [4.69, 9.17) is 14.2 Å². The van der Waals surface area contributed by atoms with E-state index in [1.165, 1.54) is 0 Å². The minimum atomic E-state index is -0.410. The average Bonchev–Trinajstić information content (AvgIpc) is 2.43. The van der Waals surface area contributed by atoms with Crippen molar-refractivity contribution in [3.05, 3.63) is 23.8 Å². The molecule has 0 aliphatic rings. The Hall–Kier alpha value is -1.55. The first-order valence-corrected chi connectivity index (χ1v) is 5.96. The summed E-state index contributed by atoms with van der Waals surface area (Å²) >= 11 is 0. The fourth-order valence-electron chi connectivity index (χ4n) is 1.75. The Morgan fingerprint density at radius 2 is 1.67 bits per heavy atom. The van der Waals surface area contributed by atoms with Crippen LogP contribution in [0, 0.1) is 0 Å². The standard InChI is InChI=1S/C14H20O4/c1-5-6-13(18-4)14(15)10-7-11(16-2)9-12(8-10)17-3/h7-9,13H,5-6H2,1-4H3. The van der Waals surface area contributed by atoms with Crippen LogP contribution in [0.25, 0.3) is 0 Å². The Kier molecular flexibility index (Phi) is 5.65. The molecule has 0 aliphatic heterocycles. The highest BCUT2D eigenvalue weighted by molar-refractivity contribution is 6.00. The van der Waals surface area contributed by atoms with Gasteiger partial charge in [0, 0.05) is 18.7 Å². The second-order valence-electron chi connectivity index (χ2n) is 3.98. The van der Waals surface area contributed by atoms with E-state index in [1.807, 2.05) is 6.92 Å². The van der Waals surface area contributed by atoms with E-state index in [9.17, 15) is 4.79 Å². The van der Waals surface area contributed by atoms with Crippen molar-refractivity contribution in [2.45, 2.75) is 25.9 Å². The smallest absolute Gasteiger partial charge is 0.191 e. The molecule has 0 amide bonds. The highest BCUT2D eigenvalue weighted by Crippen LogP contribution is 2.24. The monoisotopic (exact) mass is 252 g/mol. The van der Waals surface area contributed by atoms with E-state index in [2.05, 4.69) is 0 Å². The Bertz CT molecular complexity index is 379. The molecule has 0 N–H and O–H groups in total. The SMILES string of the molecule is CCCC(OC)C(=O)c1cc(OC)cc(OC)c1. The zero-order valence-electron chi connectivity index (χ0n) is 11.4. The molecule has 0 saturated heterocycles. The van der Waals surface area contributed by atoms with Gasteiger partial charge < -0.3 is 14.2 Å². The van der Waals surface area contributed by atoms with Crippen LogP contribution in [0.5, 0.6) is 11.5 Å². The van der Waals surface area contributed by atoms with Crippen molar-refractivity contribution in [2.24, 2.45) is 0 Å². The maximum absolute atomic E-state index is 12.3. The van der Waals surface area contributed by atoms with Gasteiger partial charge >= 0.3 is 0 Å². The summed E-state index contributed by atoms with van der Waals surface area (Å²) in [4.78, 5) is 12.3. The minimum Gasteiger partial charge on any atom is -0.497 e. The molecule has 1 rings (SSSR count). The van der Waals surface area contributed by atoms with Crippen LogP contribution in [-0.2, 0) is 4.74 Å². The van der Waals surface area contributed by atoms with Crippen molar-refractivity contribution < 1.29 is 19.0 Å². The third-order valence-corrected chi connectivity index (χ3v) is 2.76. The molecule has 0 aromatic heterocycles. The number of hydrogen-bond donors (Lipinski definition) is 0. The molecule has 1 aromatic carbocycles. The van der Waals surface area contributed by atoms with Crippen LogP contribution < -0.4 is 9.47 Å². The van der Waals surface area contributed by atoms with Gasteiger partial charge in [-0.3, -0.25) is 4.79 Å². The second-order valence-corrected chi connectivity index (χ2v) is 3.98. The zero-order chi connectivity index (χ0) is 13.5. The van der Waals surface area contributed by atoms with Crippen LogP contribution in [0.15, 0.2) is 18.2 Å². The van der Waals surface area contributed by atoms with Gasteiger partial charge in [-0.05, 0) is 18.6 Å². The summed E-state index contributed by atoms with van der Waals surface area (Å²) in [6.07, 6.45) is 1.19. The molecule has 0 heterocycles. The van der Waals surface area contributed by atoms with Crippen molar-refractivity contribution in [3.8, 4) is 11.5 Å². The average molecular weight is 252 g/mol. The van der Waals surface area contributed by atoms with Crippen molar-refractivity contribution in [1.29, 1.82) is 0 Å². The van der Waals surface area contributed by atoms with Crippen molar-refractivity contribution in [1.82, 2.24) is 0 Å². The van der Waals surface area contributed by atoms with Crippen LogP contribution in [0.1, 0.15) is 30.1 Å². The molecule has 0 spiro atoms. The van der Waals surface area contributed by atoms with Gasteiger partial charge in [0.15, 0.2) is 5.78 Å². The maximum Gasteiger partial charge on any atom is 0.191 e. The third-order valence-electron chi connectivity index (χ3n) is 2.76. The van der Waals surface area contributed by atoms with Gasteiger partial charge in [0.1, 0.15) is 17.6 Å². The van der Waals surface area contributed by atoms with E-state index in [0.717, 1.165) is 6.42 Å². The molecule has 1 atom stereocenters. The lowest BCUT2D eigenvalue weighted by atomic mass is 10.0. The summed E-state index contributed by atoms with van der Waals surface area (Å²) in [6, 6.07) is 5.14. The van der Waals surface area contributed by atoms with Crippen molar-refractivity contribution in [2.75, 3.05) is 21.3 Å². The van der Waals surface area contributed by atoms with Crippen LogP contribution in [0.3, 0.4) is 0 Å². The van der Waals surface area contributed by atoms with Crippen LogP contribution >= 0.6 is 0 Å². The lowest BCUT2D eigenvalue weighted by Gasteiger charge is -2.14. The molecule has 18 heavy (non-hydrogen) atoms. The zero-order valence-corrected chi connectivity index (χ0v) is 11.4. The number of hydrogen-bond acceptors (Lipinski definition) is 4. The van der Waals surface area contributed by atoms with E-state index < -0.39 is 6.10 Å². The fraction of sp³-hybridized carbons (Fsp3) is 0.500. The summed E-state index contributed by atoms with van der Waals surface area (Å²) in [7, 11) is 4.67. The number of ketones is 1. The lowest BCUT2D eigenvalue weighted by Crippen LogP contribution is -2.22. The molecule has 0 radical (unpaired) electrons. The molecule has 100 valence electrons. The van der Waals surface area contributed by atoms with Gasteiger partial charge in [0.2, 0.25) is 0 Å². The molecule has 1 aromatic rings. The topological polar surface area (TPSA) is 44.8 Å². The summed E-state index contributed by atoms with van der Waals surface area (Å²) in [6.45, 7) is 2.02. The molecule has 1 unspecified atom stereocenters. The van der Waals surface area contributed by atoms with Crippen LogP contribution in [-0.4, -0.2) is 33.2 Å². The summed E-state index contributed by atoms with van der Waals surface area (Å²) in [5.74, 6) is 1.16. The Labute approximate surface area is 108 Å². The van der Waals surface area contributed by atoms with Gasteiger partial charge in [0.05, 0.1) is 14.2 Å². The molecule has 0 bridgehead atoms. The number of rotatable bonds is 7. The van der Waals surface area contributed by atoms with Crippen molar-refractivity contribution in [3.63, 3.8) is 0 Å². The van der Waals surface area contributed by atoms with E-state index in [0.29, 0.717) is 23.5 Å². The molecule has 0 aliphatic carbocycles. The Morgan fingerprint density at radius 1 is 1.11 bits per heavy atom. The predicted octanol–water partition coefficient (Wildman–Crippen LogP) is 2.70. The van der Waals surface area contributed by atoms with Gasteiger partial charge in [0.25, 0.3) is 0 Å². The highest BCUT2D eigenvalue weighted by atomic mass is 16.5. The molecule has 0 fully saturated rings. The first-order chi connectivity index (χ1) is 8.65. The number of methoxy groups -OCH3 is 3. The van der Waals surface area contributed by atoms with Gasteiger partial charge in [-0.25, -0.2) is 0 Å². The van der Waals surface area contributed by atoms with E-state index in [1.54, 1.807) is 39.5 Å². The van der Waals surface area contributed by atoms with Crippen LogP contribution in [0.4, 0.5) is 0 Å². The largest absolute Gasteiger partial charge is 0.497 e. The predicted molar refractivity (Wildman–Crippen MR) is 69.6 cm³/mol. The highest BCUT2D eigenvalue weighted by Gasteiger charge is 2.20. The molecular weight excluding hydrogens is 232 g/mol. The molecule has 0 saturated carbocycles. The summed E-state index contributed by atoms with van der Waals surface area (Å²) in [5, 5.41) is 0. The maximum atomic E-state index is 12.3. The van der Waals surface area contributed by atoms with E-state index in [-0.39, 0.29) is 5.78 Å². The van der Waals surface area contributed by atoms with Gasteiger partial charge in [-0.15, -0.1) is 0 Å². The lowest BCUT2D eigenvalue weighted by molar-refractivity contribution is 0.0578. The fourth-order valence-corrected chi connectivity index (χ4v) is 1.75. The molecular formula is C14H20O4. The number of ether oxygens (including phenoxy) is 3. The number of Topliss-reactive ketones (excluding diaryl/α,β-unsaturated/α-hetero) is 1. The number of benzene rings is 1. The summed E-state index contributed by atoms with van der Waals surface area (Å²) in [5.41, 5.74) is 0.548. The first-order valence-electron chi connectivity index (χ1n) is 5.96. The van der Waals surface area contributed by atoms with Gasteiger partial charge in [-0.1, -0.05) is 13.3 Å². The Morgan fingerprint density at radius 3 is 2.06 bits per heavy atom. The minimum absolute atomic E-state index is 0.0449. The second kappa shape index (κ2) is 7.01. The molecule has 4 nitrogen and oxygen atoms in total. The first kappa shape index (κ1) is 14.5. The van der Waals surface area contributed by atoms with Crippen molar-refractivity contribution >= 4 is 5.78 Å². The molecule has 4 heteroatoms.